The van der Waals surface area contributed by atoms with Crippen LogP contribution in [0.15, 0.2) is 29.2 Å². The van der Waals surface area contributed by atoms with Gasteiger partial charge in [0.2, 0.25) is 15.9 Å². The van der Waals surface area contributed by atoms with Gasteiger partial charge in [-0.1, -0.05) is 6.07 Å². The molecule has 1 amide bonds. The number of carbonyl (C=O) groups excluding carboxylic acids is 1. The first-order chi connectivity index (χ1) is 11.0. The quantitative estimate of drug-likeness (QED) is 0.746. The monoisotopic (exact) mass is 354 g/mol. The van der Waals surface area contributed by atoms with Gasteiger partial charge in [0.15, 0.2) is 0 Å². The number of carboxylic acid groups (broad SMARTS) is 1. The summed E-state index contributed by atoms with van der Waals surface area (Å²) in [4.78, 5) is 23.2. The van der Waals surface area contributed by atoms with Crippen LogP contribution in [-0.4, -0.2) is 30.9 Å². The van der Waals surface area contributed by atoms with E-state index in [4.69, 9.17) is 5.11 Å². The molecule has 1 aromatic rings. The molecule has 1 fully saturated rings. The van der Waals surface area contributed by atoms with Crippen molar-refractivity contribution in [3.8, 4) is 0 Å². The molecule has 2 rings (SSSR count). The molecular weight excluding hydrogens is 332 g/mol. The number of anilines is 1. The topological polar surface area (TPSA) is 113 Å². The van der Waals surface area contributed by atoms with Crippen LogP contribution in [0.2, 0.25) is 0 Å². The zero-order valence-corrected chi connectivity index (χ0v) is 14.7. The Labute approximate surface area is 141 Å². The van der Waals surface area contributed by atoms with Crippen molar-refractivity contribution in [2.45, 2.75) is 44.0 Å². The SMILES string of the molecule is CC(C)(C)NS(=O)(=O)c1cccc(NC(=O)C2CCC2C(=O)O)c1. The van der Waals surface area contributed by atoms with Gasteiger partial charge in [0.05, 0.1) is 16.7 Å². The molecule has 1 saturated carbocycles. The van der Waals surface area contributed by atoms with Crippen LogP contribution >= 0.6 is 0 Å². The highest BCUT2D eigenvalue weighted by atomic mass is 32.2. The number of rotatable bonds is 5. The molecule has 0 spiro atoms. The highest BCUT2D eigenvalue weighted by Crippen LogP contribution is 2.35. The Morgan fingerprint density at radius 1 is 1.17 bits per heavy atom. The molecule has 0 radical (unpaired) electrons. The normalized spacial score (nSPS) is 21.0. The van der Waals surface area contributed by atoms with E-state index < -0.39 is 39.3 Å². The number of amides is 1. The number of nitrogens with one attached hydrogen (secondary N) is 2. The molecule has 0 bridgehead atoms. The summed E-state index contributed by atoms with van der Waals surface area (Å²) in [5, 5.41) is 11.6. The van der Waals surface area contributed by atoms with E-state index in [1.54, 1.807) is 26.8 Å². The molecule has 1 aromatic carbocycles. The molecule has 7 nitrogen and oxygen atoms in total. The Bertz CT molecular complexity index is 752. The number of carboxylic acids is 1. The standard InChI is InChI=1S/C16H22N2O5S/c1-16(2,3)18-24(22,23)11-6-4-5-10(9-11)17-14(19)12-7-8-13(12)15(20)21/h4-6,9,12-13,18H,7-8H2,1-3H3,(H,17,19)(H,20,21). The number of hydrogen-bond donors (Lipinski definition) is 3. The van der Waals surface area contributed by atoms with Crippen molar-refractivity contribution in [1.29, 1.82) is 0 Å². The first-order valence-corrected chi connectivity index (χ1v) is 9.16. The minimum absolute atomic E-state index is 0.0404. The minimum Gasteiger partial charge on any atom is -0.481 e. The van der Waals surface area contributed by atoms with E-state index in [1.807, 2.05) is 0 Å². The molecule has 0 aliphatic heterocycles. The third-order valence-corrected chi connectivity index (χ3v) is 5.54. The van der Waals surface area contributed by atoms with Crippen molar-refractivity contribution in [2.24, 2.45) is 11.8 Å². The van der Waals surface area contributed by atoms with Crippen molar-refractivity contribution in [1.82, 2.24) is 4.72 Å². The number of aliphatic carboxylic acids is 1. The van der Waals surface area contributed by atoms with Gasteiger partial charge in [-0.15, -0.1) is 0 Å². The van der Waals surface area contributed by atoms with Crippen molar-refractivity contribution < 1.29 is 23.1 Å². The van der Waals surface area contributed by atoms with Gasteiger partial charge in [0.25, 0.3) is 0 Å². The van der Waals surface area contributed by atoms with Gasteiger partial charge in [-0.3, -0.25) is 9.59 Å². The summed E-state index contributed by atoms with van der Waals surface area (Å²) in [6.07, 6.45) is 1.00. The van der Waals surface area contributed by atoms with Crippen LogP contribution in [0.1, 0.15) is 33.6 Å². The Morgan fingerprint density at radius 2 is 1.79 bits per heavy atom. The molecule has 0 heterocycles. The van der Waals surface area contributed by atoms with E-state index >= 15 is 0 Å². The van der Waals surface area contributed by atoms with E-state index in [9.17, 15) is 18.0 Å². The Morgan fingerprint density at radius 3 is 2.29 bits per heavy atom. The van der Waals surface area contributed by atoms with Gasteiger partial charge in [-0.25, -0.2) is 13.1 Å². The number of hydrogen-bond acceptors (Lipinski definition) is 4. The maximum Gasteiger partial charge on any atom is 0.307 e. The summed E-state index contributed by atoms with van der Waals surface area (Å²) in [5.41, 5.74) is -0.300. The second-order valence-electron chi connectivity index (χ2n) is 7.00. The lowest BCUT2D eigenvalue weighted by atomic mass is 9.73. The summed E-state index contributed by atoms with van der Waals surface area (Å²) in [7, 11) is -3.71. The summed E-state index contributed by atoms with van der Waals surface area (Å²) in [6.45, 7) is 5.20. The van der Waals surface area contributed by atoms with Gasteiger partial charge in [0, 0.05) is 11.2 Å². The lowest BCUT2D eigenvalue weighted by Gasteiger charge is -2.31. The smallest absolute Gasteiger partial charge is 0.307 e. The van der Waals surface area contributed by atoms with Gasteiger partial charge in [-0.05, 0) is 51.8 Å². The highest BCUT2D eigenvalue weighted by Gasteiger charge is 2.41. The van der Waals surface area contributed by atoms with E-state index in [2.05, 4.69) is 10.0 Å². The third-order valence-electron chi connectivity index (χ3n) is 3.78. The lowest BCUT2D eigenvalue weighted by molar-refractivity contribution is -0.151. The van der Waals surface area contributed by atoms with Gasteiger partial charge in [0.1, 0.15) is 0 Å². The second kappa shape index (κ2) is 6.52. The first kappa shape index (κ1) is 18.4. The van der Waals surface area contributed by atoms with Gasteiger partial charge < -0.3 is 10.4 Å². The van der Waals surface area contributed by atoms with Crippen LogP contribution in [0.25, 0.3) is 0 Å². The van der Waals surface area contributed by atoms with Crippen LogP contribution in [0.4, 0.5) is 5.69 Å². The summed E-state index contributed by atoms with van der Waals surface area (Å²) in [5.74, 6) is -2.62. The van der Waals surface area contributed by atoms with E-state index in [-0.39, 0.29) is 4.90 Å². The Kier molecular flexibility index (Phi) is 5.00. The Hall–Kier alpha value is -1.93. The van der Waals surface area contributed by atoms with Gasteiger partial charge in [-0.2, -0.15) is 0 Å². The van der Waals surface area contributed by atoms with Crippen LogP contribution in [0.3, 0.4) is 0 Å². The van der Waals surface area contributed by atoms with E-state index in [0.717, 1.165) is 0 Å². The molecule has 0 aromatic heterocycles. The van der Waals surface area contributed by atoms with Crippen LogP contribution in [0, 0.1) is 11.8 Å². The average Bonchev–Trinajstić information content (AvgIpc) is 2.33. The number of carbonyl (C=O) groups is 2. The molecular formula is C16H22N2O5S. The average molecular weight is 354 g/mol. The second-order valence-corrected chi connectivity index (χ2v) is 8.68. The van der Waals surface area contributed by atoms with Crippen LogP contribution < -0.4 is 10.0 Å². The van der Waals surface area contributed by atoms with E-state index in [1.165, 1.54) is 18.2 Å². The number of sulfonamides is 1. The van der Waals surface area contributed by atoms with Crippen LogP contribution in [0.5, 0.6) is 0 Å². The largest absolute Gasteiger partial charge is 0.481 e. The summed E-state index contributed by atoms with van der Waals surface area (Å²) < 4.78 is 27.2. The fraction of sp³-hybridized carbons (Fsp3) is 0.500. The minimum atomic E-state index is -3.71. The third kappa shape index (κ3) is 4.33. The fourth-order valence-corrected chi connectivity index (χ4v) is 4.01. The maximum absolute atomic E-state index is 12.3. The zero-order chi connectivity index (χ0) is 18.1. The summed E-state index contributed by atoms with van der Waals surface area (Å²) >= 11 is 0. The number of benzene rings is 1. The van der Waals surface area contributed by atoms with E-state index in [0.29, 0.717) is 18.5 Å². The molecule has 0 saturated heterocycles. The Balaban J connectivity index is 2.14. The molecule has 24 heavy (non-hydrogen) atoms. The predicted octanol–water partition coefficient (Wildman–Crippen LogP) is 1.81. The van der Waals surface area contributed by atoms with Crippen molar-refractivity contribution >= 4 is 27.6 Å². The van der Waals surface area contributed by atoms with Gasteiger partial charge >= 0.3 is 5.97 Å². The van der Waals surface area contributed by atoms with Crippen molar-refractivity contribution in [3.05, 3.63) is 24.3 Å². The predicted molar refractivity (Wildman–Crippen MR) is 89.0 cm³/mol. The molecule has 1 aliphatic carbocycles. The maximum atomic E-state index is 12.3. The summed E-state index contributed by atoms with van der Waals surface area (Å²) in [6, 6.07) is 5.90. The van der Waals surface area contributed by atoms with Crippen LogP contribution in [-0.2, 0) is 19.6 Å². The van der Waals surface area contributed by atoms with Crippen molar-refractivity contribution in [3.63, 3.8) is 0 Å². The molecule has 1 aliphatic rings. The molecule has 8 heteroatoms. The molecule has 3 N–H and O–H groups in total. The highest BCUT2D eigenvalue weighted by molar-refractivity contribution is 7.89. The molecule has 132 valence electrons. The molecule has 2 atom stereocenters. The molecule has 2 unspecified atom stereocenters. The lowest BCUT2D eigenvalue weighted by Crippen LogP contribution is -2.41. The first-order valence-electron chi connectivity index (χ1n) is 7.67. The zero-order valence-electron chi connectivity index (χ0n) is 13.9. The fourth-order valence-electron chi connectivity index (χ4n) is 2.55. The van der Waals surface area contributed by atoms with Crippen molar-refractivity contribution in [2.75, 3.05) is 5.32 Å².